The number of aryl methyl sites for hydroxylation is 1. The van der Waals surface area contributed by atoms with Crippen LogP contribution >= 0.6 is 0 Å². The number of nitrogens with one attached hydrogen (secondary N) is 1. The molecule has 2 aromatic heterocycles. The molecule has 0 bridgehead atoms. The van der Waals surface area contributed by atoms with Crippen molar-refractivity contribution in [3.63, 3.8) is 0 Å². The normalized spacial score (nSPS) is 14.4. The van der Waals surface area contributed by atoms with Gasteiger partial charge in [-0.15, -0.1) is 0 Å². The van der Waals surface area contributed by atoms with E-state index < -0.39 is 0 Å². The molecule has 7 nitrogen and oxygen atoms in total. The molecule has 0 unspecified atom stereocenters. The van der Waals surface area contributed by atoms with Crippen molar-refractivity contribution in [3.8, 4) is 17.0 Å². The summed E-state index contributed by atoms with van der Waals surface area (Å²) < 4.78 is 8.70. The third kappa shape index (κ3) is 3.84. The zero-order valence-electron chi connectivity index (χ0n) is 17.8. The molecule has 7 heteroatoms. The minimum atomic E-state index is -0.164. The van der Waals surface area contributed by atoms with Gasteiger partial charge in [-0.05, 0) is 38.3 Å². The van der Waals surface area contributed by atoms with Gasteiger partial charge < -0.3 is 14.6 Å². The molecule has 2 heterocycles. The van der Waals surface area contributed by atoms with Crippen molar-refractivity contribution in [2.24, 2.45) is 7.05 Å². The van der Waals surface area contributed by atoms with E-state index in [0.29, 0.717) is 30.1 Å². The van der Waals surface area contributed by atoms with Crippen molar-refractivity contribution in [1.29, 1.82) is 0 Å². The van der Waals surface area contributed by atoms with Gasteiger partial charge in [0.1, 0.15) is 11.4 Å². The van der Waals surface area contributed by atoms with Crippen molar-refractivity contribution in [1.82, 2.24) is 19.5 Å². The van der Waals surface area contributed by atoms with Gasteiger partial charge in [0.05, 0.1) is 12.8 Å². The highest BCUT2D eigenvalue weighted by Crippen LogP contribution is 2.24. The standard InChI is InChI=1S/C23H28N4O3/c1-15-19(11-12-21(28)24-17-8-4-5-9-17)23(29)27-22(26(15)2)14-20(25-27)16-7-6-10-18(13-16)30-3/h6-7,10,13-14,17H,4-5,8-9,11-12H2,1-3H3,(H,24,28). The lowest BCUT2D eigenvalue weighted by atomic mass is 10.1. The molecule has 0 aliphatic heterocycles. The van der Waals surface area contributed by atoms with Crippen LogP contribution in [0.2, 0.25) is 0 Å². The minimum absolute atomic E-state index is 0.0148. The number of carbonyl (C=O) groups excluding carboxylic acids is 1. The first kappa shape index (κ1) is 20.2. The summed E-state index contributed by atoms with van der Waals surface area (Å²) in [6.45, 7) is 1.92. The molecule has 30 heavy (non-hydrogen) atoms. The van der Waals surface area contributed by atoms with E-state index in [2.05, 4.69) is 10.4 Å². The Hall–Kier alpha value is -3.09. The molecule has 1 N–H and O–H groups in total. The fourth-order valence-corrected chi connectivity index (χ4v) is 4.24. The monoisotopic (exact) mass is 408 g/mol. The summed E-state index contributed by atoms with van der Waals surface area (Å²) >= 11 is 0. The second-order valence-corrected chi connectivity index (χ2v) is 8.01. The van der Waals surface area contributed by atoms with Gasteiger partial charge in [0.15, 0.2) is 0 Å². The Morgan fingerprint density at radius 2 is 2.03 bits per heavy atom. The number of hydrogen-bond donors (Lipinski definition) is 1. The quantitative estimate of drug-likeness (QED) is 0.680. The number of hydrogen-bond acceptors (Lipinski definition) is 4. The Bertz CT molecular complexity index is 1140. The molecular weight excluding hydrogens is 380 g/mol. The summed E-state index contributed by atoms with van der Waals surface area (Å²) in [6.07, 6.45) is 5.17. The van der Waals surface area contributed by atoms with Crippen LogP contribution in [0.3, 0.4) is 0 Å². The van der Waals surface area contributed by atoms with E-state index in [-0.39, 0.29) is 11.5 Å². The van der Waals surface area contributed by atoms with Crippen LogP contribution in [-0.4, -0.2) is 33.2 Å². The smallest absolute Gasteiger partial charge is 0.277 e. The van der Waals surface area contributed by atoms with Crippen LogP contribution in [0.1, 0.15) is 43.4 Å². The zero-order chi connectivity index (χ0) is 21.3. The lowest BCUT2D eigenvalue weighted by molar-refractivity contribution is -0.121. The van der Waals surface area contributed by atoms with Crippen LogP contribution in [0.25, 0.3) is 16.9 Å². The Kier molecular flexibility index (Phi) is 5.61. The van der Waals surface area contributed by atoms with E-state index >= 15 is 0 Å². The molecule has 1 aromatic carbocycles. The maximum absolute atomic E-state index is 13.2. The van der Waals surface area contributed by atoms with Crippen LogP contribution in [0.4, 0.5) is 0 Å². The highest BCUT2D eigenvalue weighted by atomic mass is 16.5. The molecule has 4 rings (SSSR count). The van der Waals surface area contributed by atoms with Crippen LogP contribution < -0.4 is 15.6 Å². The van der Waals surface area contributed by atoms with Gasteiger partial charge >= 0.3 is 0 Å². The zero-order valence-corrected chi connectivity index (χ0v) is 17.8. The van der Waals surface area contributed by atoms with Crippen molar-refractivity contribution in [2.45, 2.75) is 51.5 Å². The van der Waals surface area contributed by atoms with Gasteiger partial charge in [-0.1, -0.05) is 25.0 Å². The number of carbonyl (C=O) groups is 1. The average molecular weight is 409 g/mol. The Morgan fingerprint density at radius 3 is 2.77 bits per heavy atom. The summed E-state index contributed by atoms with van der Waals surface area (Å²) in [4.78, 5) is 25.5. The van der Waals surface area contributed by atoms with Crippen LogP contribution in [0, 0.1) is 6.92 Å². The summed E-state index contributed by atoms with van der Waals surface area (Å²) in [5.41, 5.74) is 3.63. The number of methoxy groups -OCH3 is 1. The van der Waals surface area contributed by atoms with E-state index in [1.807, 2.05) is 48.9 Å². The predicted molar refractivity (Wildman–Crippen MR) is 116 cm³/mol. The molecule has 3 aromatic rings. The fourth-order valence-electron chi connectivity index (χ4n) is 4.24. The summed E-state index contributed by atoms with van der Waals surface area (Å²) in [6, 6.07) is 9.80. The minimum Gasteiger partial charge on any atom is -0.497 e. The van der Waals surface area contributed by atoms with E-state index in [1.54, 1.807) is 7.11 Å². The number of amides is 1. The van der Waals surface area contributed by atoms with Crippen molar-refractivity contribution >= 4 is 11.6 Å². The molecule has 0 radical (unpaired) electrons. The lowest BCUT2D eigenvalue weighted by Crippen LogP contribution is -2.33. The van der Waals surface area contributed by atoms with Gasteiger partial charge in [-0.3, -0.25) is 9.59 Å². The Labute approximate surface area is 175 Å². The number of nitrogens with zero attached hydrogens (tertiary/aromatic N) is 3. The van der Waals surface area contributed by atoms with E-state index in [9.17, 15) is 9.59 Å². The number of ether oxygens (including phenoxy) is 1. The first-order valence-electron chi connectivity index (χ1n) is 10.5. The SMILES string of the molecule is COc1cccc(-c2cc3n(C)c(C)c(CCC(=O)NC4CCCC4)c(=O)n3n2)c1. The molecule has 158 valence electrons. The van der Waals surface area contributed by atoms with E-state index in [4.69, 9.17) is 4.74 Å². The molecular formula is C23H28N4O3. The number of fused-ring (bicyclic) bond motifs is 1. The molecule has 1 saturated carbocycles. The molecule has 0 saturated heterocycles. The third-order valence-electron chi connectivity index (χ3n) is 6.11. The highest BCUT2D eigenvalue weighted by molar-refractivity contribution is 5.76. The number of benzene rings is 1. The largest absolute Gasteiger partial charge is 0.497 e. The second-order valence-electron chi connectivity index (χ2n) is 8.01. The van der Waals surface area contributed by atoms with Crippen molar-refractivity contribution in [3.05, 3.63) is 51.9 Å². The van der Waals surface area contributed by atoms with Gasteiger partial charge in [-0.2, -0.15) is 9.61 Å². The first-order chi connectivity index (χ1) is 14.5. The maximum Gasteiger partial charge on any atom is 0.277 e. The summed E-state index contributed by atoms with van der Waals surface area (Å²) in [5, 5.41) is 7.65. The molecule has 1 aliphatic carbocycles. The number of aromatic nitrogens is 3. The molecule has 0 spiro atoms. The van der Waals surface area contributed by atoms with Crippen molar-refractivity contribution in [2.75, 3.05) is 7.11 Å². The predicted octanol–water partition coefficient (Wildman–Crippen LogP) is 3.01. The number of rotatable bonds is 6. The second kappa shape index (κ2) is 8.34. The topological polar surface area (TPSA) is 77.6 Å². The lowest BCUT2D eigenvalue weighted by Gasteiger charge is -2.14. The summed E-state index contributed by atoms with van der Waals surface area (Å²) in [5.74, 6) is 0.752. The highest BCUT2D eigenvalue weighted by Gasteiger charge is 2.19. The van der Waals surface area contributed by atoms with Crippen molar-refractivity contribution < 1.29 is 9.53 Å². The van der Waals surface area contributed by atoms with Gasteiger partial charge in [0.25, 0.3) is 5.56 Å². The first-order valence-corrected chi connectivity index (χ1v) is 10.5. The third-order valence-corrected chi connectivity index (χ3v) is 6.11. The van der Waals surface area contributed by atoms with Crippen LogP contribution in [-0.2, 0) is 18.3 Å². The molecule has 1 fully saturated rings. The molecule has 1 amide bonds. The Balaban J connectivity index is 1.62. The maximum atomic E-state index is 13.2. The van der Waals surface area contributed by atoms with E-state index in [0.717, 1.165) is 35.5 Å². The van der Waals surface area contributed by atoms with Crippen LogP contribution in [0.5, 0.6) is 5.75 Å². The average Bonchev–Trinajstić information content (AvgIpc) is 3.42. The summed E-state index contributed by atoms with van der Waals surface area (Å²) in [7, 11) is 3.54. The molecule has 0 atom stereocenters. The molecule has 1 aliphatic rings. The van der Waals surface area contributed by atoms with Gasteiger partial charge in [0.2, 0.25) is 5.91 Å². The van der Waals surface area contributed by atoms with Crippen LogP contribution in [0.15, 0.2) is 35.1 Å². The Morgan fingerprint density at radius 1 is 1.27 bits per heavy atom. The van der Waals surface area contributed by atoms with Gasteiger partial charge in [-0.25, -0.2) is 0 Å². The van der Waals surface area contributed by atoms with E-state index in [1.165, 1.54) is 17.4 Å². The van der Waals surface area contributed by atoms with Gasteiger partial charge in [0, 0.05) is 42.4 Å². The fraction of sp³-hybridized carbons (Fsp3) is 0.435.